The van der Waals surface area contributed by atoms with Crippen LogP contribution in [0.4, 0.5) is 0 Å². The number of halogens is 1. The Labute approximate surface area is 121 Å². The monoisotopic (exact) mass is 291 g/mol. The molecule has 1 aliphatic carbocycles. The van der Waals surface area contributed by atoms with E-state index in [0.717, 1.165) is 25.7 Å². The zero-order valence-electron chi connectivity index (χ0n) is 11.8. The largest absolute Gasteiger partial charge is 0.369 e. The third kappa shape index (κ3) is 5.37. The maximum absolute atomic E-state index is 12.0. The molecule has 5 nitrogen and oxygen atoms in total. The fourth-order valence-corrected chi connectivity index (χ4v) is 2.56. The number of amides is 2. The second kappa shape index (κ2) is 7.70. The Morgan fingerprint density at radius 3 is 2.53 bits per heavy atom. The van der Waals surface area contributed by atoms with E-state index in [1.165, 1.54) is 0 Å². The quantitative estimate of drug-likeness (QED) is 0.707. The lowest BCUT2D eigenvalue weighted by atomic mass is 9.84. The fraction of sp³-hybridized carbons (Fsp3) is 0.846. The molecule has 1 rings (SSSR count). The van der Waals surface area contributed by atoms with E-state index in [1.54, 1.807) is 6.92 Å². The van der Waals surface area contributed by atoms with Gasteiger partial charge in [-0.15, -0.1) is 12.4 Å². The second-order valence-corrected chi connectivity index (χ2v) is 5.60. The number of carbonyl (C=O) groups excluding carboxylic acids is 2. The summed E-state index contributed by atoms with van der Waals surface area (Å²) in [7, 11) is 0. The molecule has 0 heterocycles. The summed E-state index contributed by atoms with van der Waals surface area (Å²) in [6.45, 7) is 3.75. The molecule has 0 saturated heterocycles. The highest BCUT2D eigenvalue weighted by atomic mass is 35.5. The molecule has 112 valence electrons. The van der Waals surface area contributed by atoms with Crippen LogP contribution in [-0.2, 0) is 9.59 Å². The van der Waals surface area contributed by atoms with Crippen molar-refractivity contribution in [1.29, 1.82) is 0 Å². The van der Waals surface area contributed by atoms with Gasteiger partial charge in [-0.3, -0.25) is 9.59 Å². The van der Waals surface area contributed by atoms with Crippen molar-refractivity contribution in [3.8, 4) is 0 Å². The predicted octanol–water partition coefficient (Wildman–Crippen LogP) is 1.09. The summed E-state index contributed by atoms with van der Waals surface area (Å²) in [6.07, 6.45) is 4.82. The molecular formula is C13H26ClN3O2. The first-order valence-electron chi connectivity index (χ1n) is 6.76. The molecule has 0 aromatic heterocycles. The van der Waals surface area contributed by atoms with Gasteiger partial charge in [0.05, 0.1) is 5.54 Å². The maximum atomic E-state index is 12.0. The van der Waals surface area contributed by atoms with Crippen molar-refractivity contribution in [1.82, 2.24) is 5.32 Å². The standard InChI is InChI=1S/C13H25N3O2.ClH/c1-3-7-13(2,15)12(18)16-10-6-4-5-9(8-10)11(14)17;/h9-10H,3-8,15H2,1-2H3,(H2,14,17)(H,16,18);1H. The van der Waals surface area contributed by atoms with Crippen LogP contribution in [0.1, 0.15) is 52.4 Å². The van der Waals surface area contributed by atoms with Gasteiger partial charge in [-0.25, -0.2) is 0 Å². The molecule has 0 aromatic carbocycles. The maximum Gasteiger partial charge on any atom is 0.240 e. The summed E-state index contributed by atoms with van der Waals surface area (Å²) < 4.78 is 0. The van der Waals surface area contributed by atoms with Crippen LogP contribution in [0, 0.1) is 5.92 Å². The van der Waals surface area contributed by atoms with E-state index in [1.807, 2.05) is 6.92 Å². The van der Waals surface area contributed by atoms with Crippen LogP contribution in [0.25, 0.3) is 0 Å². The van der Waals surface area contributed by atoms with Gasteiger partial charge in [0.15, 0.2) is 0 Å². The first kappa shape index (κ1) is 18.2. The van der Waals surface area contributed by atoms with Crippen molar-refractivity contribution in [2.75, 3.05) is 0 Å². The van der Waals surface area contributed by atoms with Gasteiger partial charge >= 0.3 is 0 Å². The third-order valence-electron chi connectivity index (χ3n) is 3.70. The second-order valence-electron chi connectivity index (χ2n) is 5.60. The molecule has 1 saturated carbocycles. The van der Waals surface area contributed by atoms with Gasteiger partial charge in [-0.1, -0.05) is 19.8 Å². The van der Waals surface area contributed by atoms with E-state index in [0.29, 0.717) is 12.8 Å². The topological polar surface area (TPSA) is 98.2 Å². The van der Waals surface area contributed by atoms with Crippen LogP contribution in [0.5, 0.6) is 0 Å². The lowest BCUT2D eigenvalue weighted by Crippen LogP contribution is -2.55. The molecule has 0 aromatic rings. The van der Waals surface area contributed by atoms with Gasteiger partial charge < -0.3 is 16.8 Å². The van der Waals surface area contributed by atoms with Crippen LogP contribution in [0.15, 0.2) is 0 Å². The normalized spacial score (nSPS) is 25.8. The van der Waals surface area contributed by atoms with Gasteiger partial charge in [0.1, 0.15) is 0 Å². The van der Waals surface area contributed by atoms with Crippen molar-refractivity contribution in [2.45, 2.75) is 64.0 Å². The smallest absolute Gasteiger partial charge is 0.240 e. The lowest BCUT2D eigenvalue weighted by molar-refractivity contribution is -0.128. The SMILES string of the molecule is CCCC(C)(N)C(=O)NC1CCCC(C(N)=O)C1.Cl. The summed E-state index contributed by atoms with van der Waals surface area (Å²) in [5, 5.41) is 2.96. The highest BCUT2D eigenvalue weighted by Crippen LogP contribution is 2.24. The molecule has 0 aliphatic heterocycles. The molecule has 0 spiro atoms. The molecule has 5 N–H and O–H groups in total. The molecule has 0 radical (unpaired) electrons. The average molecular weight is 292 g/mol. The molecule has 0 bridgehead atoms. The zero-order chi connectivity index (χ0) is 13.8. The number of hydrogen-bond acceptors (Lipinski definition) is 3. The van der Waals surface area contributed by atoms with Gasteiger partial charge in [0.2, 0.25) is 11.8 Å². The molecule has 3 atom stereocenters. The van der Waals surface area contributed by atoms with E-state index in [4.69, 9.17) is 11.5 Å². The Kier molecular flexibility index (Phi) is 7.37. The highest BCUT2D eigenvalue weighted by Gasteiger charge is 2.32. The number of nitrogens with one attached hydrogen (secondary N) is 1. The highest BCUT2D eigenvalue weighted by molar-refractivity contribution is 5.86. The predicted molar refractivity (Wildman–Crippen MR) is 77.8 cm³/mol. The Hall–Kier alpha value is -0.810. The third-order valence-corrected chi connectivity index (χ3v) is 3.70. The minimum absolute atomic E-state index is 0. The summed E-state index contributed by atoms with van der Waals surface area (Å²) in [4.78, 5) is 23.2. The van der Waals surface area contributed by atoms with Crippen LogP contribution in [0.2, 0.25) is 0 Å². The van der Waals surface area contributed by atoms with Crippen molar-refractivity contribution in [2.24, 2.45) is 17.4 Å². The van der Waals surface area contributed by atoms with Gasteiger partial charge in [0, 0.05) is 12.0 Å². The van der Waals surface area contributed by atoms with Crippen molar-refractivity contribution in [3.05, 3.63) is 0 Å². The first-order valence-corrected chi connectivity index (χ1v) is 6.76. The number of hydrogen-bond donors (Lipinski definition) is 3. The number of nitrogens with two attached hydrogens (primary N) is 2. The summed E-state index contributed by atoms with van der Waals surface area (Å²) in [5.74, 6) is -0.503. The molecule has 1 fully saturated rings. The van der Waals surface area contributed by atoms with Gasteiger partial charge in [0.25, 0.3) is 0 Å². The zero-order valence-corrected chi connectivity index (χ0v) is 12.6. The Morgan fingerprint density at radius 2 is 2.00 bits per heavy atom. The molecule has 6 heteroatoms. The minimum atomic E-state index is -0.825. The van der Waals surface area contributed by atoms with Crippen LogP contribution in [-0.4, -0.2) is 23.4 Å². The Bertz CT molecular complexity index is 321. The van der Waals surface area contributed by atoms with E-state index < -0.39 is 5.54 Å². The summed E-state index contributed by atoms with van der Waals surface area (Å²) in [6, 6.07) is 0.0310. The Balaban J connectivity index is 0.00000324. The first-order chi connectivity index (χ1) is 8.36. The lowest BCUT2D eigenvalue weighted by Gasteiger charge is -2.31. The van der Waals surface area contributed by atoms with Crippen molar-refractivity contribution >= 4 is 24.2 Å². The van der Waals surface area contributed by atoms with E-state index in [-0.39, 0.29) is 36.2 Å². The molecule has 2 amide bonds. The average Bonchev–Trinajstić information content (AvgIpc) is 2.29. The van der Waals surface area contributed by atoms with Crippen molar-refractivity contribution in [3.63, 3.8) is 0 Å². The van der Waals surface area contributed by atoms with E-state index in [2.05, 4.69) is 5.32 Å². The minimum Gasteiger partial charge on any atom is -0.369 e. The van der Waals surface area contributed by atoms with Crippen LogP contribution >= 0.6 is 12.4 Å². The summed E-state index contributed by atoms with van der Waals surface area (Å²) >= 11 is 0. The van der Waals surface area contributed by atoms with Crippen LogP contribution in [0.3, 0.4) is 0 Å². The number of rotatable bonds is 5. The van der Waals surface area contributed by atoms with Crippen molar-refractivity contribution < 1.29 is 9.59 Å². The molecular weight excluding hydrogens is 266 g/mol. The van der Waals surface area contributed by atoms with E-state index in [9.17, 15) is 9.59 Å². The summed E-state index contributed by atoms with van der Waals surface area (Å²) in [5.41, 5.74) is 10.5. The van der Waals surface area contributed by atoms with Gasteiger partial charge in [-0.05, 0) is 32.6 Å². The molecule has 3 unspecified atom stereocenters. The fourth-order valence-electron chi connectivity index (χ4n) is 2.56. The molecule has 1 aliphatic rings. The van der Waals surface area contributed by atoms with Gasteiger partial charge in [-0.2, -0.15) is 0 Å². The molecule has 19 heavy (non-hydrogen) atoms. The number of primary amides is 1. The van der Waals surface area contributed by atoms with Crippen LogP contribution < -0.4 is 16.8 Å². The number of carbonyl (C=O) groups is 2. The van der Waals surface area contributed by atoms with E-state index >= 15 is 0 Å². The Morgan fingerprint density at radius 1 is 1.37 bits per heavy atom.